The summed E-state index contributed by atoms with van der Waals surface area (Å²) in [6.07, 6.45) is 4.33. The fourth-order valence-electron chi connectivity index (χ4n) is 2.85. The maximum Gasteiger partial charge on any atom is 0.0757 e. The van der Waals surface area contributed by atoms with Gasteiger partial charge in [0, 0.05) is 23.2 Å². The Bertz CT molecular complexity index is 401. The first-order chi connectivity index (χ1) is 8.74. The SMILES string of the molecule is CC(NC1CCOC1C1CC1)c1ccc(Br)cc1. The fourth-order valence-corrected chi connectivity index (χ4v) is 3.11. The van der Waals surface area contributed by atoms with Gasteiger partial charge >= 0.3 is 0 Å². The summed E-state index contributed by atoms with van der Waals surface area (Å²) in [6, 6.07) is 9.52. The van der Waals surface area contributed by atoms with E-state index in [2.05, 4.69) is 52.4 Å². The number of rotatable bonds is 4. The van der Waals surface area contributed by atoms with Crippen LogP contribution in [0.15, 0.2) is 28.7 Å². The van der Waals surface area contributed by atoms with Gasteiger partial charge in [0.15, 0.2) is 0 Å². The lowest BCUT2D eigenvalue weighted by Gasteiger charge is -2.24. The molecule has 3 rings (SSSR count). The first-order valence-corrected chi connectivity index (χ1v) is 7.66. The molecule has 0 spiro atoms. The number of halogens is 1. The highest BCUT2D eigenvalue weighted by Gasteiger charge is 2.40. The van der Waals surface area contributed by atoms with Crippen molar-refractivity contribution >= 4 is 15.9 Å². The van der Waals surface area contributed by atoms with E-state index in [1.807, 2.05) is 0 Å². The third kappa shape index (κ3) is 2.79. The Morgan fingerprint density at radius 3 is 2.61 bits per heavy atom. The van der Waals surface area contributed by atoms with Crippen LogP contribution in [0.5, 0.6) is 0 Å². The molecule has 0 radical (unpaired) electrons. The highest BCUT2D eigenvalue weighted by molar-refractivity contribution is 9.10. The molecule has 3 unspecified atom stereocenters. The molecular weight excluding hydrogens is 290 g/mol. The maximum absolute atomic E-state index is 5.88. The van der Waals surface area contributed by atoms with Gasteiger partial charge in [-0.25, -0.2) is 0 Å². The van der Waals surface area contributed by atoms with Crippen LogP contribution in [0.3, 0.4) is 0 Å². The molecule has 98 valence electrons. The number of nitrogens with one attached hydrogen (secondary N) is 1. The van der Waals surface area contributed by atoms with E-state index in [4.69, 9.17) is 4.74 Å². The summed E-state index contributed by atoms with van der Waals surface area (Å²) in [7, 11) is 0. The van der Waals surface area contributed by atoms with E-state index in [9.17, 15) is 0 Å². The molecule has 1 saturated heterocycles. The average Bonchev–Trinajstić information content (AvgIpc) is 3.11. The zero-order chi connectivity index (χ0) is 12.5. The van der Waals surface area contributed by atoms with E-state index < -0.39 is 0 Å². The molecule has 3 atom stereocenters. The van der Waals surface area contributed by atoms with Crippen LogP contribution in [0.2, 0.25) is 0 Å². The van der Waals surface area contributed by atoms with Gasteiger partial charge in [-0.05, 0) is 49.8 Å². The largest absolute Gasteiger partial charge is 0.376 e. The molecule has 1 saturated carbocycles. The van der Waals surface area contributed by atoms with Gasteiger partial charge in [0.1, 0.15) is 0 Å². The van der Waals surface area contributed by atoms with E-state index in [0.717, 1.165) is 23.4 Å². The quantitative estimate of drug-likeness (QED) is 0.916. The van der Waals surface area contributed by atoms with Crippen LogP contribution in [0, 0.1) is 5.92 Å². The number of hydrogen-bond donors (Lipinski definition) is 1. The second-order valence-corrected chi connectivity index (χ2v) is 6.42. The molecule has 3 heteroatoms. The zero-order valence-corrected chi connectivity index (χ0v) is 12.3. The number of benzene rings is 1. The van der Waals surface area contributed by atoms with Gasteiger partial charge in [-0.1, -0.05) is 28.1 Å². The van der Waals surface area contributed by atoms with Crippen molar-refractivity contribution in [2.45, 2.75) is 44.4 Å². The Labute approximate surface area is 117 Å². The van der Waals surface area contributed by atoms with Crippen molar-refractivity contribution in [1.82, 2.24) is 5.32 Å². The molecule has 2 nitrogen and oxygen atoms in total. The predicted octanol–water partition coefficient (Wildman–Crippen LogP) is 3.67. The fraction of sp³-hybridized carbons (Fsp3) is 0.600. The van der Waals surface area contributed by atoms with Crippen LogP contribution < -0.4 is 5.32 Å². The van der Waals surface area contributed by atoms with E-state index in [-0.39, 0.29) is 0 Å². The van der Waals surface area contributed by atoms with Crippen LogP contribution in [-0.2, 0) is 4.74 Å². The van der Waals surface area contributed by atoms with Gasteiger partial charge in [-0.3, -0.25) is 0 Å². The zero-order valence-electron chi connectivity index (χ0n) is 10.7. The smallest absolute Gasteiger partial charge is 0.0757 e. The highest BCUT2D eigenvalue weighted by Crippen LogP contribution is 2.39. The van der Waals surface area contributed by atoms with Crippen molar-refractivity contribution in [1.29, 1.82) is 0 Å². The molecule has 1 N–H and O–H groups in total. The molecule has 0 amide bonds. The summed E-state index contributed by atoms with van der Waals surface area (Å²) >= 11 is 3.48. The van der Waals surface area contributed by atoms with Crippen LogP contribution >= 0.6 is 15.9 Å². The Morgan fingerprint density at radius 2 is 1.94 bits per heavy atom. The molecule has 2 aliphatic rings. The summed E-state index contributed by atoms with van der Waals surface area (Å²) in [5.74, 6) is 0.821. The van der Waals surface area contributed by atoms with E-state index >= 15 is 0 Å². The second kappa shape index (κ2) is 5.32. The van der Waals surface area contributed by atoms with E-state index in [1.54, 1.807) is 0 Å². The Kier molecular flexibility index (Phi) is 3.73. The second-order valence-electron chi connectivity index (χ2n) is 5.51. The van der Waals surface area contributed by atoms with Crippen LogP contribution in [0.25, 0.3) is 0 Å². The van der Waals surface area contributed by atoms with Gasteiger partial charge in [-0.2, -0.15) is 0 Å². The molecular formula is C15H20BrNO. The van der Waals surface area contributed by atoms with Crippen molar-refractivity contribution in [2.24, 2.45) is 5.92 Å². The Hall–Kier alpha value is -0.380. The van der Waals surface area contributed by atoms with Crippen molar-refractivity contribution in [2.75, 3.05) is 6.61 Å². The molecule has 1 aromatic carbocycles. The Morgan fingerprint density at radius 1 is 1.22 bits per heavy atom. The summed E-state index contributed by atoms with van der Waals surface area (Å²) in [5.41, 5.74) is 1.35. The molecule has 1 aliphatic heterocycles. The first kappa shape index (κ1) is 12.6. The predicted molar refractivity (Wildman–Crippen MR) is 76.6 cm³/mol. The number of hydrogen-bond acceptors (Lipinski definition) is 2. The van der Waals surface area contributed by atoms with Gasteiger partial charge in [0.05, 0.1) is 6.10 Å². The standard InChI is InChI=1S/C15H20BrNO/c1-10(11-4-6-13(16)7-5-11)17-14-8-9-18-15(14)12-2-3-12/h4-7,10,12,14-15,17H,2-3,8-9H2,1H3. The molecule has 1 aromatic rings. The third-order valence-electron chi connectivity index (χ3n) is 4.06. The van der Waals surface area contributed by atoms with Crippen molar-refractivity contribution in [3.05, 3.63) is 34.3 Å². The minimum absolute atomic E-state index is 0.394. The molecule has 1 aliphatic carbocycles. The lowest BCUT2D eigenvalue weighted by molar-refractivity contribution is 0.0793. The monoisotopic (exact) mass is 309 g/mol. The minimum atomic E-state index is 0.394. The van der Waals surface area contributed by atoms with E-state index in [1.165, 1.54) is 18.4 Å². The van der Waals surface area contributed by atoms with E-state index in [0.29, 0.717) is 18.2 Å². The Balaban J connectivity index is 1.62. The summed E-state index contributed by atoms with van der Waals surface area (Å²) in [4.78, 5) is 0. The van der Waals surface area contributed by atoms with Crippen LogP contribution in [-0.4, -0.2) is 18.8 Å². The van der Waals surface area contributed by atoms with Crippen molar-refractivity contribution in [3.8, 4) is 0 Å². The lowest BCUT2D eigenvalue weighted by Crippen LogP contribution is -2.39. The summed E-state index contributed by atoms with van der Waals surface area (Å²) in [5, 5.41) is 3.75. The van der Waals surface area contributed by atoms with Crippen molar-refractivity contribution in [3.63, 3.8) is 0 Å². The lowest BCUT2D eigenvalue weighted by atomic mass is 10.0. The molecule has 2 fully saturated rings. The third-order valence-corrected chi connectivity index (χ3v) is 4.59. The minimum Gasteiger partial charge on any atom is -0.376 e. The van der Waals surface area contributed by atoms with Gasteiger partial charge in [0.2, 0.25) is 0 Å². The topological polar surface area (TPSA) is 21.3 Å². The molecule has 1 heterocycles. The number of ether oxygens (including phenoxy) is 1. The molecule has 0 aromatic heterocycles. The van der Waals surface area contributed by atoms with Gasteiger partial charge in [0.25, 0.3) is 0 Å². The summed E-state index contributed by atoms with van der Waals surface area (Å²) < 4.78 is 7.01. The van der Waals surface area contributed by atoms with Crippen LogP contribution in [0.1, 0.15) is 37.8 Å². The molecule has 0 bridgehead atoms. The van der Waals surface area contributed by atoms with Crippen molar-refractivity contribution < 1.29 is 4.74 Å². The average molecular weight is 310 g/mol. The maximum atomic E-state index is 5.88. The molecule has 18 heavy (non-hydrogen) atoms. The van der Waals surface area contributed by atoms with Crippen LogP contribution in [0.4, 0.5) is 0 Å². The first-order valence-electron chi connectivity index (χ1n) is 6.87. The summed E-state index contributed by atoms with van der Waals surface area (Å²) in [6.45, 7) is 3.16. The highest BCUT2D eigenvalue weighted by atomic mass is 79.9. The normalized spacial score (nSPS) is 29.4. The van der Waals surface area contributed by atoms with Gasteiger partial charge < -0.3 is 10.1 Å². The van der Waals surface area contributed by atoms with Gasteiger partial charge in [-0.15, -0.1) is 0 Å².